The van der Waals surface area contributed by atoms with E-state index in [2.05, 4.69) is 15.6 Å². The third-order valence-corrected chi connectivity index (χ3v) is 7.47. The zero-order valence-electron chi connectivity index (χ0n) is 19.8. The number of benzene rings is 1. The molecule has 2 fully saturated rings. The number of hydrogen-bond donors (Lipinski definition) is 3. The number of aromatic nitrogens is 4. The van der Waals surface area contributed by atoms with Gasteiger partial charge in [0.2, 0.25) is 24.2 Å². The summed E-state index contributed by atoms with van der Waals surface area (Å²) in [6, 6.07) is 4.89. The van der Waals surface area contributed by atoms with Crippen molar-refractivity contribution in [1.29, 1.82) is 5.26 Å². The maximum absolute atomic E-state index is 13.7. The van der Waals surface area contributed by atoms with E-state index in [1.165, 1.54) is 12.1 Å². The van der Waals surface area contributed by atoms with E-state index in [-0.39, 0.29) is 40.4 Å². The summed E-state index contributed by atoms with van der Waals surface area (Å²) >= 11 is 12.9. The molecule has 0 spiro atoms. The van der Waals surface area contributed by atoms with E-state index in [1.54, 1.807) is 6.20 Å². The summed E-state index contributed by atoms with van der Waals surface area (Å²) in [6.07, 6.45) is 3.81. The van der Waals surface area contributed by atoms with E-state index in [9.17, 15) is 14.4 Å². The quantitative estimate of drug-likeness (QED) is 0.397. The molecule has 0 radical (unpaired) electrons. The lowest BCUT2D eigenvalue weighted by molar-refractivity contribution is -0.122. The van der Waals surface area contributed by atoms with Crippen LogP contribution in [0.5, 0.6) is 0 Å². The molecule has 3 heterocycles. The molecular weight excluding hydrogens is 522 g/mol. The maximum Gasteiger partial charge on any atom is 0.224 e. The normalized spacial score (nSPS) is 23.9. The summed E-state index contributed by atoms with van der Waals surface area (Å²) in [5.41, 5.74) is 7.41. The lowest BCUT2D eigenvalue weighted by Crippen LogP contribution is -2.32. The predicted molar refractivity (Wildman–Crippen MR) is 137 cm³/mol. The van der Waals surface area contributed by atoms with Crippen molar-refractivity contribution in [3.63, 3.8) is 0 Å². The van der Waals surface area contributed by atoms with Crippen LogP contribution < -0.4 is 16.4 Å². The molecule has 1 aliphatic carbocycles. The number of hydrogen-bond acceptors (Lipinski definition) is 8. The molecule has 1 saturated carbocycles. The summed E-state index contributed by atoms with van der Waals surface area (Å²) in [4.78, 5) is 25.6. The molecule has 1 aromatic carbocycles. The number of primary amides is 1. The standard InChI is InChI=1S/C24H25Cl2FN8O2/c25-16-7-12(10-28)8-17(26)20(16)33-24-32-18-11-30-23(31-14-5-6-37-19(27)9-14)34-22(18)35(24)15-3-1-13(2-4-15)21(29)36/h7-8,11,13-15,19H,1-6,9H2,(H2,29,36)(H,32,33)(H,30,31,34)/t13?,14-,15?,19+/m0/s1. The van der Waals surface area contributed by atoms with Crippen molar-refractivity contribution in [3.8, 4) is 6.07 Å². The van der Waals surface area contributed by atoms with E-state index in [4.69, 9.17) is 43.6 Å². The van der Waals surface area contributed by atoms with Crippen LogP contribution in [-0.2, 0) is 9.53 Å². The monoisotopic (exact) mass is 546 g/mol. The van der Waals surface area contributed by atoms with Crippen molar-refractivity contribution in [3.05, 3.63) is 33.9 Å². The molecule has 1 amide bonds. The Morgan fingerprint density at radius 1 is 1.19 bits per heavy atom. The molecule has 2 aromatic heterocycles. The fourth-order valence-electron chi connectivity index (χ4n) is 4.94. The highest BCUT2D eigenvalue weighted by Gasteiger charge is 2.30. The van der Waals surface area contributed by atoms with Gasteiger partial charge in [-0.1, -0.05) is 23.2 Å². The summed E-state index contributed by atoms with van der Waals surface area (Å²) in [5.74, 6) is 0.352. The number of imidazole rings is 1. The second-order valence-corrected chi connectivity index (χ2v) is 10.1. The van der Waals surface area contributed by atoms with Gasteiger partial charge in [0, 0.05) is 24.4 Å². The first-order chi connectivity index (χ1) is 17.8. The fraction of sp³-hybridized carbons (Fsp3) is 0.458. The van der Waals surface area contributed by atoms with Crippen LogP contribution in [0.15, 0.2) is 18.3 Å². The highest BCUT2D eigenvalue weighted by Crippen LogP contribution is 2.39. The molecule has 4 N–H and O–H groups in total. The van der Waals surface area contributed by atoms with Crippen LogP contribution in [0.25, 0.3) is 11.2 Å². The molecule has 194 valence electrons. The van der Waals surface area contributed by atoms with Gasteiger partial charge < -0.3 is 21.1 Å². The molecule has 13 heteroatoms. The predicted octanol–water partition coefficient (Wildman–Crippen LogP) is 4.85. The Bertz CT molecular complexity index is 1350. The Hall–Kier alpha value is -3.20. The maximum atomic E-state index is 13.7. The molecule has 37 heavy (non-hydrogen) atoms. The Labute approximate surface area is 222 Å². The van der Waals surface area contributed by atoms with Gasteiger partial charge in [0.15, 0.2) is 5.65 Å². The van der Waals surface area contributed by atoms with Crippen molar-refractivity contribution in [2.45, 2.75) is 57.0 Å². The number of amides is 1. The number of fused-ring (bicyclic) bond motifs is 1. The lowest BCUT2D eigenvalue weighted by Gasteiger charge is -2.29. The van der Waals surface area contributed by atoms with Crippen LogP contribution in [-0.4, -0.2) is 44.4 Å². The van der Waals surface area contributed by atoms with E-state index in [0.29, 0.717) is 73.0 Å². The number of nitrogens with zero attached hydrogens (tertiary/aromatic N) is 5. The first-order valence-corrected chi connectivity index (χ1v) is 12.8. The van der Waals surface area contributed by atoms with E-state index < -0.39 is 6.36 Å². The van der Waals surface area contributed by atoms with Gasteiger partial charge in [-0.15, -0.1) is 0 Å². The van der Waals surface area contributed by atoms with Gasteiger partial charge in [0.05, 0.1) is 40.2 Å². The number of rotatable bonds is 6. The summed E-state index contributed by atoms with van der Waals surface area (Å²) in [7, 11) is 0. The third kappa shape index (κ3) is 5.42. The minimum atomic E-state index is -1.32. The van der Waals surface area contributed by atoms with Gasteiger partial charge in [-0.25, -0.2) is 14.4 Å². The van der Waals surface area contributed by atoms with Gasteiger partial charge in [-0.05, 0) is 44.2 Å². The topological polar surface area (TPSA) is 144 Å². The zero-order chi connectivity index (χ0) is 26.1. The van der Waals surface area contributed by atoms with Crippen LogP contribution in [0, 0.1) is 17.2 Å². The van der Waals surface area contributed by atoms with Crippen LogP contribution in [0.2, 0.25) is 10.0 Å². The highest BCUT2D eigenvalue weighted by molar-refractivity contribution is 6.39. The minimum Gasteiger partial charge on any atom is -0.369 e. The SMILES string of the molecule is N#Cc1cc(Cl)c(Nc2nc3cnc(N[C@H]4CCO[C@@H](F)C4)nc3n2C2CCC(C(N)=O)CC2)c(Cl)c1. The van der Waals surface area contributed by atoms with Crippen molar-refractivity contribution >= 4 is 57.9 Å². The number of alkyl halides is 1. The van der Waals surface area contributed by atoms with E-state index >= 15 is 0 Å². The van der Waals surface area contributed by atoms with Gasteiger partial charge in [0.25, 0.3) is 0 Å². The van der Waals surface area contributed by atoms with Gasteiger partial charge in [-0.2, -0.15) is 10.2 Å². The number of nitriles is 1. The number of ether oxygens (including phenoxy) is 1. The summed E-state index contributed by atoms with van der Waals surface area (Å²) < 4.78 is 20.7. The largest absolute Gasteiger partial charge is 0.369 e. The van der Waals surface area contributed by atoms with Gasteiger partial charge >= 0.3 is 0 Å². The van der Waals surface area contributed by atoms with Crippen LogP contribution >= 0.6 is 23.2 Å². The van der Waals surface area contributed by atoms with Crippen molar-refractivity contribution in [1.82, 2.24) is 19.5 Å². The molecule has 0 bridgehead atoms. The van der Waals surface area contributed by atoms with Crippen molar-refractivity contribution in [2.24, 2.45) is 11.7 Å². The van der Waals surface area contributed by atoms with E-state index in [1.807, 2.05) is 10.6 Å². The molecule has 10 nitrogen and oxygen atoms in total. The molecule has 0 unspecified atom stereocenters. The smallest absolute Gasteiger partial charge is 0.224 e. The fourth-order valence-corrected chi connectivity index (χ4v) is 5.52. The number of carbonyl (C=O) groups is 1. The summed E-state index contributed by atoms with van der Waals surface area (Å²) in [5, 5.41) is 16.2. The Kier molecular flexibility index (Phi) is 7.33. The number of carbonyl (C=O) groups excluding carboxylic acids is 1. The highest BCUT2D eigenvalue weighted by atomic mass is 35.5. The van der Waals surface area contributed by atoms with Crippen molar-refractivity contribution in [2.75, 3.05) is 17.2 Å². The van der Waals surface area contributed by atoms with Crippen LogP contribution in [0.4, 0.5) is 22.0 Å². The van der Waals surface area contributed by atoms with Crippen LogP contribution in [0.1, 0.15) is 50.1 Å². The van der Waals surface area contributed by atoms with Gasteiger partial charge in [-0.3, -0.25) is 9.36 Å². The summed E-state index contributed by atoms with van der Waals surface area (Å²) in [6.45, 7) is 0.322. The van der Waals surface area contributed by atoms with E-state index in [0.717, 1.165) is 0 Å². The zero-order valence-corrected chi connectivity index (χ0v) is 21.3. The molecule has 1 aliphatic heterocycles. The van der Waals surface area contributed by atoms with Crippen LogP contribution in [0.3, 0.4) is 0 Å². The number of nitrogens with one attached hydrogen (secondary N) is 2. The molecule has 2 aliphatic rings. The molecule has 3 aromatic rings. The lowest BCUT2D eigenvalue weighted by atomic mass is 9.85. The molecule has 1 saturated heterocycles. The second-order valence-electron chi connectivity index (χ2n) is 9.31. The second kappa shape index (κ2) is 10.7. The average molecular weight is 547 g/mol. The molecular formula is C24H25Cl2FN8O2. The number of anilines is 3. The minimum absolute atomic E-state index is 0.0277. The Morgan fingerprint density at radius 3 is 2.57 bits per heavy atom. The molecule has 5 rings (SSSR count). The first kappa shape index (κ1) is 25.4. The molecule has 2 atom stereocenters. The van der Waals surface area contributed by atoms with Gasteiger partial charge in [0.1, 0.15) is 5.52 Å². The Balaban J connectivity index is 1.52. The van der Waals surface area contributed by atoms with Crippen molar-refractivity contribution < 1.29 is 13.9 Å². The average Bonchev–Trinajstić information content (AvgIpc) is 3.23. The number of halogens is 3. The first-order valence-electron chi connectivity index (χ1n) is 12.0. The number of nitrogens with two attached hydrogens (primary N) is 1. The third-order valence-electron chi connectivity index (χ3n) is 6.87. The Morgan fingerprint density at radius 2 is 1.92 bits per heavy atom.